The molecule has 0 unspecified atom stereocenters. The average molecular weight is 767 g/mol. The number of hydrogen-bond donors (Lipinski definition) is 0. The Bertz CT molecular complexity index is 3520. The van der Waals surface area contributed by atoms with Crippen LogP contribution < -0.4 is 0 Å². The van der Waals surface area contributed by atoms with Crippen molar-refractivity contribution in [1.29, 1.82) is 0 Å². The topological polar surface area (TPSA) is 56.7 Å². The molecule has 0 aliphatic carbocycles. The highest BCUT2D eigenvalue weighted by Gasteiger charge is 2.20. The van der Waals surface area contributed by atoms with Crippen molar-refractivity contribution < 1.29 is 4.42 Å². The van der Waals surface area contributed by atoms with E-state index < -0.39 is 0 Å². The van der Waals surface area contributed by atoms with Crippen LogP contribution in [0.15, 0.2) is 211 Å². The van der Waals surface area contributed by atoms with Crippen molar-refractivity contribution in [1.82, 2.24) is 19.5 Å². The molecule has 8 aromatic carbocycles. The highest BCUT2D eigenvalue weighted by atomic mass is 16.3. The van der Waals surface area contributed by atoms with Crippen LogP contribution in [-0.2, 0) is 0 Å². The molecule has 0 amide bonds. The second kappa shape index (κ2) is 13.8. The quantitative estimate of drug-likeness (QED) is 0.169. The van der Waals surface area contributed by atoms with Crippen LogP contribution in [0.2, 0.25) is 0 Å². The van der Waals surface area contributed by atoms with Gasteiger partial charge in [0.2, 0.25) is 0 Å². The molecular weight excluding hydrogens is 733 g/mol. The van der Waals surface area contributed by atoms with Gasteiger partial charge in [-0.3, -0.25) is 0 Å². The molecule has 12 rings (SSSR count). The zero-order valence-corrected chi connectivity index (χ0v) is 32.3. The molecule has 5 heteroatoms. The minimum Gasteiger partial charge on any atom is -0.454 e. The monoisotopic (exact) mass is 766 g/mol. The van der Waals surface area contributed by atoms with E-state index in [1.54, 1.807) is 0 Å². The van der Waals surface area contributed by atoms with E-state index in [4.69, 9.17) is 19.4 Å². The number of para-hydroxylation sites is 4. The minimum absolute atomic E-state index is 0.673. The van der Waals surface area contributed by atoms with Gasteiger partial charge in [0.15, 0.2) is 11.4 Å². The van der Waals surface area contributed by atoms with E-state index in [1.807, 2.05) is 36.4 Å². The van der Waals surface area contributed by atoms with Crippen LogP contribution in [-0.4, -0.2) is 19.5 Å². The van der Waals surface area contributed by atoms with Gasteiger partial charge in [0.1, 0.15) is 11.3 Å². The first-order chi connectivity index (χ1) is 29.7. The number of furan rings is 1. The van der Waals surface area contributed by atoms with Crippen LogP contribution in [0.5, 0.6) is 0 Å². The SMILES string of the molecule is c1ccc(-c2nc(-c3ccc(-c4nc5c(-c6ccccc6)cccc5c5c4oc4ccccc45)cc3)cc(-c3ccc(-n4c5ccccc5c5ccccc54)cc3)n2)cc1. The van der Waals surface area contributed by atoms with Crippen molar-refractivity contribution in [3.8, 4) is 62.0 Å². The standard InChI is InChI=1S/C55H34N4O/c1-3-14-35(15-4-1)41-21-13-22-45-51-44-20-9-12-25-50(44)60-54(51)52(58-53(41)45)38-28-26-36(27-29-38)46-34-47(57-55(56-46)39-16-5-2-6-17-39)37-30-32-40(33-31-37)59-48-23-10-7-18-42(48)43-19-8-11-24-49(43)59/h1-34H. The summed E-state index contributed by atoms with van der Waals surface area (Å²) in [6, 6.07) is 71.8. The molecule has 0 fully saturated rings. The van der Waals surface area contributed by atoms with E-state index in [0.717, 1.165) is 89.0 Å². The zero-order valence-electron chi connectivity index (χ0n) is 32.3. The Kier molecular flexibility index (Phi) is 7.78. The molecule has 0 aliphatic heterocycles. The maximum atomic E-state index is 6.63. The van der Waals surface area contributed by atoms with Gasteiger partial charge in [-0.2, -0.15) is 0 Å². The number of benzene rings is 8. The molecule has 12 aromatic rings. The van der Waals surface area contributed by atoms with Crippen LogP contribution in [0.4, 0.5) is 0 Å². The summed E-state index contributed by atoms with van der Waals surface area (Å²) in [4.78, 5) is 15.7. The summed E-state index contributed by atoms with van der Waals surface area (Å²) < 4.78 is 8.96. The maximum Gasteiger partial charge on any atom is 0.162 e. The number of fused-ring (bicyclic) bond motifs is 8. The molecule has 4 heterocycles. The van der Waals surface area contributed by atoms with Crippen LogP contribution in [0.25, 0.3) is 117 Å². The van der Waals surface area contributed by atoms with Crippen molar-refractivity contribution in [2.75, 3.05) is 0 Å². The summed E-state index contributed by atoms with van der Waals surface area (Å²) in [5, 5.41) is 5.71. The molecular formula is C55H34N4O. The predicted octanol–water partition coefficient (Wildman–Crippen LogP) is 14.4. The number of hydrogen-bond acceptors (Lipinski definition) is 4. The van der Waals surface area contributed by atoms with Crippen LogP contribution >= 0.6 is 0 Å². The second-order valence-electron chi connectivity index (χ2n) is 15.2. The molecule has 0 bridgehead atoms. The van der Waals surface area contributed by atoms with E-state index >= 15 is 0 Å². The minimum atomic E-state index is 0.673. The van der Waals surface area contributed by atoms with Crippen LogP contribution in [0.1, 0.15) is 0 Å². The lowest BCUT2D eigenvalue weighted by Crippen LogP contribution is -1.97. The lowest BCUT2D eigenvalue weighted by Gasteiger charge is -2.12. The Morgan fingerprint density at radius 2 is 0.917 bits per heavy atom. The zero-order chi connectivity index (χ0) is 39.6. The first kappa shape index (κ1) is 33.9. The highest BCUT2D eigenvalue weighted by molar-refractivity contribution is 6.22. The van der Waals surface area contributed by atoms with E-state index in [-0.39, 0.29) is 0 Å². The largest absolute Gasteiger partial charge is 0.454 e. The lowest BCUT2D eigenvalue weighted by atomic mass is 9.97. The number of pyridine rings is 1. The fraction of sp³-hybridized carbons (Fsp3) is 0. The van der Waals surface area contributed by atoms with Gasteiger partial charge in [-0.1, -0.05) is 170 Å². The number of rotatable bonds is 6. The molecule has 0 saturated heterocycles. The molecule has 60 heavy (non-hydrogen) atoms. The normalized spacial score (nSPS) is 11.7. The Morgan fingerprint density at radius 3 is 1.58 bits per heavy atom. The fourth-order valence-electron chi connectivity index (χ4n) is 8.79. The summed E-state index contributed by atoms with van der Waals surface area (Å²) in [6.07, 6.45) is 0. The van der Waals surface area contributed by atoms with E-state index in [1.165, 1.54) is 21.8 Å². The average Bonchev–Trinajstić information content (AvgIpc) is 3.89. The molecule has 280 valence electrons. The molecule has 5 nitrogen and oxygen atoms in total. The van der Waals surface area contributed by atoms with E-state index in [9.17, 15) is 0 Å². The second-order valence-corrected chi connectivity index (χ2v) is 15.2. The Balaban J connectivity index is 0.978. The fourth-order valence-corrected chi connectivity index (χ4v) is 8.79. The first-order valence-electron chi connectivity index (χ1n) is 20.2. The van der Waals surface area contributed by atoms with Gasteiger partial charge in [0, 0.05) is 60.4 Å². The highest BCUT2D eigenvalue weighted by Crippen LogP contribution is 2.42. The van der Waals surface area contributed by atoms with Gasteiger partial charge in [-0.25, -0.2) is 15.0 Å². The Hall–Kier alpha value is -8.15. The summed E-state index contributed by atoms with van der Waals surface area (Å²) in [5.74, 6) is 0.673. The van der Waals surface area contributed by atoms with E-state index in [0.29, 0.717) is 5.82 Å². The molecule has 0 aliphatic rings. The lowest BCUT2D eigenvalue weighted by molar-refractivity contribution is 0.669. The number of nitrogens with zero attached hydrogens (tertiary/aromatic N) is 4. The summed E-state index contributed by atoms with van der Waals surface area (Å²) >= 11 is 0. The van der Waals surface area contributed by atoms with Crippen molar-refractivity contribution in [3.05, 3.63) is 206 Å². The first-order valence-corrected chi connectivity index (χ1v) is 20.2. The van der Waals surface area contributed by atoms with Gasteiger partial charge >= 0.3 is 0 Å². The van der Waals surface area contributed by atoms with Gasteiger partial charge in [0.25, 0.3) is 0 Å². The summed E-state index contributed by atoms with van der Waals surface area (Å²) in [5.41, 5.74) is 14.6. The third-order valence-corrected chi connectivity index (χ3v) is 11.6. The molecule has 0 radical (unpaired) electrons. The van der Waals surface area contributed by atoms with Crippen molar-refractivity contribution >= 4 is 54.6 Å². The maximum absolute atomic E-state index is 6.63. The summed E-state index contributed by atoms with van der Waals surface area (Å²) in [6.45, 7) is 0. The predicted molar refractivity (Wildman–Crippen MR) is 246 cm³/mol. The van der Waals surface area contributed by atoms with Gasteiger partial charge in [-0.05, 0) is 42.0 Å². The molecule has 0 atom stereocenters. The van der Waals surface area contributed by atoms with Crippen molar-refractivity contribution in [3.63, 3.8) is 0 Å². The molecule has 4 aromatic heterocycles. The number of aromatic nitrogens is 4. The van der Waals surface area contributed by atoms with Crippen LogP contribution in [0.3, 0.4) is 0 Å². The van der Waals surface area contributed by atoms with E-state index in [2.05, 4.69) is 174 Å². The van der Waals surface area contributed by atoms with Crippen LogP contribution in [0, 0.1) is 0 Å². The van der Waals surface area contributed by atoms with Crippen molar-refractivity contribution in [2.24, 2.45) is 0 Å². The summed E-state index contributed by atoms with van der Waals surface area (Å²) in [7, 11) is 0. The van der Waals surface area contributed by atoms with Gasteiger partial charge < -0.3 is 8.98 Å². The smallest absolute Gasteiger partial charge is 0.162 e. The molecule has 0 N–H and O–H groups in total. The molecule has 0 spiro atoms. The van der Waals surface area contributed by atoms with Gasteiger partial charge in [-0.15, -0.1) is 0 Å². The third-order valence-electron chi connectivity index (χ3n) is 11.6. The van der Waals surface area contributed by atoms with Gasteiger partial charge in [0.05, 0.1) is 27.9 Å². The Morgan fingerprint density at radius 1 is 0.383 bits per heavy atom. The molecule has 0 saturated carbocycles. The Labute approximate surface area is 345 Å². The van der Waals surface area contributed by atoms with Crippen molar-refractivity contribution in [2.45, 2.75) is 0 Å². The third kappa shape index (κ3) is 5.52.